The Balaban J connectivity index is 1.81. The Morgan fingerprint density at radius 2 is 1.84 bits per heavy atom. The molecule has 93 valence electrons. The lowest BCUT2D eigenvalue weighted by Crippen LogP contribution is -1.98. The van der Waals surface area contributed by atoms with Crippen LogP contribution in [0.25, 0.3) is 10.9 Å². The lowest BCUT2D eigenvalue weighted by atomic mass is 10.2. The molecule has 0 spiro atoms. The van der Waals surface area contributed by atoms with E-state index in [2.05, 4.69) is 11.1 Å². The summed E-state index contributed by atoms with van der Waals surface area (Å²) in [5.41, 5.74) is 1.76. The van der Waals surface area contributed by atoms with Gasteiger partial charge in [0, 0.05) is 10.4 Å². The van der Waals surface area contributed by atoms with Crippen LogP contribution in [0, 0.1) is 6.07 Å². The van der Waals surface area contributed by atoms with Gasteiger partial charge in [0.1, 0.15) is 12.4 Å². The number of aromatic nitrogens is 1. The molecular weight excluding hydrogens is 258 g/mol. The number of pyridine rings is 1. The molecule has 3 aromatic rings. The normalized spacial score (nSPS) is 10.6. The van der Waals surface area contributed by atoms with Gasteiger partial charge in [-0.2, -0.15) is 0 Å². The molecule has 0 saturated carbocycles. The molecule has 1 radical (unpaired) electrons. The monoisotopic (exact) mass is 268 g/mol. The number of fused-ring (bicyclic) bond motifs is 1. The predicted octanol–water partition coefficient (Wildman–Crippen LogP) is 4.27. The summed E-state index contributed by atoms with van der Waals surface area (Å²) in [5.74, 6) is 0.812. The van der Waals surface area contributed by atoms with Crippen molar-refractivity contribution in [3.05, 3.63) is 71.4 Å². The number of benzene rings is 2. The van der Waals surface area contributed by atoms with Crippen LogP contribution in [0.1, 0.15) is 5.69 Å². The Morgan fingerprint density at radius 3 is 2.68 bits per heavy atom. The van der Waals surface area contributed by atoms with Crippen LogP contribution in [-0.4, -0.2) is 4.98 Å². The van der Waals surface area contributed by atoms with Crippen molar-refractivity contribution in [2.45, 2.75) is 6.61 Å². The van der Waals surface area contributed by atoms with Gasteiger partial charge in [-0.15, -0.1) is 0 Å². The summed E-state index contributed by atoms with van der Waals surface area (Å²) in [7, 11) is 0. The lowest BCUT2D eigenvalue weighted by Gasteiger charge is -2.06. The van der Waals surface area contributed by atoms with E-state index < -0.39 is 0 Å². The average molecular weight is 269 g/mol. The van der Waals surface area contributed by atoms with E-state index in [9.17, 15) is 0 Å². The molecule has 0 saturated heterocycles. The van der Waals surface area contributed by atoms with E-state index in [0.29, 0.717) is 11.6 Å². The van der Waals surface area contributed by atoms with E-state index in [4.69, 9.17) is 16.3 Å². The second-order valence-corrected chi connectivity index (χ2v) is 4.60. The Hall–Kier alpha value is -2.06. The molecule has 0 aliphatic carbocycles. The summed E-state index contributed by atoms with van der Waals surface area (Å²) in [5, 5.41) is 1.76. The highest BCUT2D eigenvalue weighted by Gasteiger charge is 2.00. The maximum absolute atomic E-state index is 5.97. The highest BCUT2D eigenvalue weighted by Crippen LogP contribution is 2.18. The summed E-state index contributed by atoms with van der Waals surface area (Å²) >= 11 is 5.97. The zero-order valence-electron chi connectivity index (χ0n) is 10.1. The largest absolute Gasteiger partial charge is 0.487 e. The molecule has 0 unspecified atom stereocenters. The van der Waals surface area contributed by atoms with Gasteiger partial charge in [0.25, 0.3) is 0 Å². The summed E-state index contributed by atoms with van der Waals surface area (Å²) in [6.07, 6.45) is 0. The number of hydrogen-bond acceptors (Lipinski definition) is 2. The van der Waals surface area contributed by atoms with Gasteiger partial charge in [-0.05, 0) is 36.4 Å². The van der Waals surface area contributed by atoms with E-state index >= 15 is 0 Å². The van der Waals surface area contributed by atoms with Crippen LogP contribution in [0.3, 0.4) is 0 Å². The second-order valence-electron chi connectivity index (χ2n) is 4.16. The molecule has 0 N–H and O–H groups in total. The minimum absolute atomic E-state index is 0.437. The Labute approximate surface area is 116 Å². The SMILES string of the molecule is Clc1ccc2ccc(COc3cc[c]cc3)nc2c1. The topological polar surface area (TPSA) is 22.1 Å². The number of nitrogens with zero attached hydrogens (tertiary/aromatic N) is 1. The molecular formula is C16H11ClNO. The molecule has 0 fully saturated rings. The Morgan fingerprint density at radius 1 is 1.05 bits per heavy atom. The average Bonchev–Trinajstić information content (AvgIpc) is 2.46. The molecule has 3 heteroatoms. The van der Waals surface area contributed by atoms with Crippen molar-refractivity contribution >= 4 is 22.5 Å². The maximum Gasteiger partial charge on any atom is 0.130 e. The van der Waals surface area contributed by atoms with Crippen molar-refractivity contribution in [1.82, 2.24) is 4.98 Å². The summed E-state index contributed by atoms with van der Waals surface area (Å²) in [6.45, 7) is 0.437. The summed E-state index contributed by atoms with van der Waals surface area (Å²) in [6, 6.07) is 20.0. The number of hydrogen-bond donors (Lipinski definition) is 0. The Bertz CT molecular complexity index is 697. The summed E-state index contributed by atoms with van der Waals surface area (Å²) in [4.78, 5) is 4.53. The Kier molecular flexibility index (Phi) is 3.34. The number of halogens is 1. The van der Waals surface area contributed by atoms with Crippen molar-refractivity contribution in [2.24, 2.45) is 0 Å². The summed E-state index contributed by atoms with van der Waals surface area (Å²) < 4.78 is 5.66. The van der Waals surface area contributed by atoms with Crippen LogP contribution in [-0.2, 0) is 6.61 Å². The van der Waals surface area contributed by atoms with Gasteiger partial charge in [-0.1, -0.05) is 35.9 Å². The first-order chi connectivity index (χ1) is 9.31. The predicted molar refractivity (Wildman–Crippen MR) is 76.4 cm³/mol. The minimum Gasteiger partial charge on any atom is -0.487 e. The van der Waals surface area contributed by atoms with E-state index in [1.165, 1.54) is 0 Å². The van der Waals surface area contributed by atoms with Gasteiger partial charge in [-0.3, -0.25) is 0 Å². The molecule has 2 nitrogen and oxygen atoms in total. The van der Waals surface area contributed by atoms with Crippen LogP contribution in [0.15, 0.2) is 54.6 Å². The molecule has 0 atom stereocenters. The van der Waals surface area contributed by atoms with Crippen molar-refractivity contribution in [3.8, 4) is 5.75 Å². The highest BCUT2D eigenvalue weighted by molar-refractivity contribution is 6.31. The standard InChI is InChI=1S/C16H11ClNO/c17-13-8-6-12-7-9-14(18-16(12)10-13)11-19-15-4-2-1-3-5-15/h2-10H,11H2. The smallest absolute Gasteiger partial charge is 0.130 e. The van der Waals surface area contributed by atoms with E-state index in [1.807, 2.05) is 54.6 Å². The van der Waals surface area contributed by atoms with Gasteiger partial charge in [-0.25, -0.2) is 4.98 Å². The zero-order valence-corrected chi connectivity index (χ0v) is 10.9. The molecule has 0 bridgehead atoms. The van der Waals surface area contributed by atoms with Crippen LogP contribution in [0.4, 0.5) is 0 Å². The molecule has 3 rings (SSSR count). The van der Waals surface area contributed by atoms with Gasteiger partial charge in [0.2, 0.25) is 0 Å². The molecule has 0 amide bonds. The second kappa shape index (κ2) is 5.29. The number of rotatable bonds is 3. The third kappa shape index (κ3) is 2.85. The lowest BCUT2D eigenvalue weighted by molar-refractivity contribution is 0.302. The van der Waals surface area contributed by atoms with Crippen LogP contribution >= 0.6 is 11.6 Å². The molecule has 19 heavy (non-hydrogen) atoms. The van der Waals surface area contributed by atoms with Crippen molar-refractivity contribution < 1.29 is 4.74 Å². The van der Waals surface area contributed by atoms with E-state index in [-0.39, 0.29) is 0 Å². The molecule has 0 aliphatic rings. The molecule has 1 heterocycles. The zero-order chi connectivity index (χ0) is 13.1. The van der Waals surface area contributed by atoms with Gasteiger partial charge >= 0.3 is 0 Å². The first kappa shape index (κ1) is 12.0. The molecule has 0 aliphatic heterocycles. The minimum atomic E-state index is 0.437. The first-order valence-corrected chi connectivity index (χ1v) is 6.33. The fourth-order valence-electron chi connectivity index (χ4n) is 1.84. The fourth-order valence-corrected chi connectivity index (χ4v) is 2.00. The number of ether oxygens (including phenoxy) is 1. The van der Waals surface area contributed by atoms with Crippen LogP contribution in [0.5, 0.6) is 5.75 Å². The fraction of sp³-hybridized carbons (Fsp3) is 0.0625. The van der Waals surface area contributed by atoms with Crippen molar-refractivity contribution in [2.75, 3.05) is 0 Å². The molecule has 2 aromatic carbocycles. The van der Waals surface area contributed by atoms with Gasteiger partial charge < -0.3 is 4.74 Å². The van der Waals surface area contributed by atoms with Crippen LogP contribution < -0.4 is 4.74 Å². The first-order valence-electron chi connectivity index (χ1n) is 5.95. The van der Waals surface area contributed by atoms with Gasteiger partial charge in [0.15, 0.2) is 0 Å². The van der Waals surface area contributed by atoms with Crippen molar-refractivity contribution in [1.29, 1.82) is 0 Å². The van der Waals surface area contributed by atoms with Gasteiger partial charge in [0.05, 0.1) is 11.2 Å². The molecule has 1 aromatic heterocycles. The third-order valence-corrected chi connectivity index (χ3v) is 3.02. The van der Waals surface area contributed by atoms with E-state index in [0.717, 1.165) is 22.3 Å². The highest BCUT2D eigenvalue weighted by atomic mass is 35.5. The van der Waals surface area contributed by atoms with Crippen molar-refractivity contribution in [3.63, 3.8) is 0 Å². The maximum atomic E-state index is 5.97. The third-order valence-electron chi connectivity index (χ3n) is 2.79. The van der Waals surface area contributed by atoms with Crippen LogP contribution in [0.2, 0.25) is 5.02 Å². The quantitative estimate of drug-likeness (QED) is 0.708. The van der Waals surface area contributed by atoms with E-state index in [1.54, 1.807) is 0 Å².